The quantitative estimate of drug-likeness (QED) is 0.866. The van der Waals surface area contributed by atoms with E-state index in [1.54, 1.807) is 19.3 Å². The van der Waals surface area contributed by atoms with Crippen molar-refractivity contribution < 1.29 is 0 Å². The number of anilines is 3. The van der Waals surface area contributed by atoms with Gasteiger partial charge in [0.05, 0.1) is 11.9 Å². The predicted molar refractivity (Wildman–Crippen MR) is 101 cm³/mol. The molecule has 7 heteroatoms. The molecule has 1 N–H and O–H groups in total. The lowest BCUT2D eigenvalue weighted by Crippen LogP contribution is -2.46. The molecule has 0 amide bonds. The summed E-state index contributed by atoms with van der Waals surface area (Å²) in [6.45, 7) is 7.53. The molecule has 6 nitrogen and oxygen atoms in total. The summed E-state index contributed by atoms with van der Waals surface area (Å²) < 4.78 is 2.38. The van der Waals surface area contributed by atoms with Gasteiger partial charge < -0.3 is 19.7 Å². The number of nitrogens with one attached hydrogen (secondary N) is 1. The Morgan fingerprint density at radius 2 is 2.00 bits per heavy atom. The number of aromatic nitrogens is 2. The number of likely N-dealkylation sites (N-methyl/N-ethyl adjacent to an activating group) is 1. The number of hydrogen-bond acceptors (Lipinski definition) is 5. The molecule has 2 aromatic heterocycles. The predicted octanol–water partition coefficient (Wildman–Crippen LogP) is 2.43. The van der Waals surface area contributed by atoms with Crippen LogP contribution in [-0.2, 0) is 7.05 Å². The van der Waals surface area contributed by atoms with Crippen LogP contribution in [0.3, 0.4) is 0 Å². The Morgan fingerprint density at radius 3 is 2.62 bits per heavy atom. The maximum Gasteiger partial charge on any atom is 0.274 e. The molecule has 1 aliphatic rings. The summed E-state index contributed by atoms with van der Waals surface area (Å²) in [4.78, 5) is 21.4. The van der Waals surface area contributed by atoms with Crippen LogP contribution in [0.2, 0.25) is 0 Å². The normalized spacial score (nSPS) is 15.5. The third kappa shape index (κ3) is 3.79. The Labute approximate surface area is 150 Å². The number of nitrogens with zero attached hydrogens (tertiary/aromatic N) is 4. The van der Waals surface area contributed by atoms with E-state index in [0.29, 0.717) is 11.5 Å². The van der Waals surface area contributed by atoms with Crippen LogP contribution < -0.4 is 15.8 Å². The van der Waals surface area contributed by atoms with Crippen LogP contribution in [0.15, 0.2) is 39.9 Å². The van der Waals surface area contributed by atoms with Gasteiger partial charge in [0.1, 0.15) is 11.5 Å². The van der Waals surface area contributed by atoms with Gasteiger partial charge in [0, 0.05) is 43.9 Å². The number of halogens is 1. The van der Waals surface area contributed by atoms with Crippen LogP contribution in [0.5, 0.6) is 0 Å². The first-order chi connectivity index (χ1) is 11.6. The topological polar surface area (TPSA) is 53.4 Å². The largest absolute Gasteiger partial charge is 0.368 e. The van der Waals surface area contributed by atoms with Gasteiger partial charge in [0.15, 0.2) is 0 Å². The van der Waals surface area contributed by atoms with E-state index in [0.717, 1.165) is 42.9 Å². The molecule has 1 fully saturated rings. The number of piperazine rings is 1. The second-order valence-electron chi connectivity index (χ2n) is 5.94. The highest BCUT2D eigenvalue weighted by atomic mass is 79.9. The molecule has 0 saturated carbocycles. The lowest BCUT2D eigenvalue weighted by atomic mass is 10.2. The molecule has 24 heavy (non-hydrogen) atoms. The van der Waals surface area contributed by atoms with Crippen LogP contribution in [0.25, 0.3) is 0 Å². The fourth-order valence-corrected chi connectivity index (χ4v) is 3.40. The minimum absolute atomic E-state index is 0.0836. The van der Waals surface area contributed by atoms with E-state index >= 15 is 0 Å². The van der Waals surface area contributed by atoms with Gasteiger partial charge in [-0.1, -0.05) is 6.92 Å². The molecule has 0 radical (unpaired) electrons. The smallest absolute Gasteiger partial charge is 0.274 e. The Morgan fingerprint density at radius 1 is 1.25 bits per heavy atom. The zero-order chi connectivity index (χ0) is 17.1. The van der Waals surface area contributed by atoms with Gasteiger partial charge in [-0.05, 0) is 40.7 Å². The second kappa shape index (κ2) is 7.36. The van der Waals surface area contributed by atoms with Gasteiger partial charge >= 0.3 is 0 Å². The van der Waals surface area contributed by atoms with Crippen molar-refractivity contribution in [2.24, 2.45) is 7.05 Å². The summed E-state index contributed by atoms with van der Waals surface area (Å²) in [6, 6.07) is 5.74. The Balaban J connectivity index is 1.70. The zero-order valence-corrected chi connectivity index (χ0v) is 15.6. The minimum Gasteiger partial charge on any atom is -0.368 e. The summed E-state index contributed by atoms with van der Waals surface area (Å²) in [6.07, 6.45) is 3.60. The van der Waals surface area contributed by atoms with Crippen molar-refractivity contribution in [2.45, 2.75) is 6.92 Å². The first-order valence-corrected chi connectivity index (χ1v) is 8.92. The molecule has 0 unspecified atom stereocenters. The maximum absolute atomic E-state index is 12.1. The highest BCUT2D eigenvalue weighted by Crippen LogP contribution is 2.20. The van der Waals surface area contributed by atoms with Gasteiger partial charge in [0.25, 0.3) is 5.56 Å². The van der Waals surface area contributed by atoms with Crippen LogP contribution in [0.1, 0.15) is 6.92 Å². The number of rotatable bonds is 4. The molecule has 1 aliphatic heterocycles. The van der Waals surface area contributed by atoms with Gasteiger partial charge in [-0.2, -0.15) is 0 Å². The van der Waals surface area contributed by atoms with Crippen molar-refractivity contribution in [1.82, 2.24) is 14.5 Å². The van der Waals surface area contributed by atoms with Crippen molar-refractivity contribution in [3.63, 3.8) is 0 Å². The van der Waals surface area contributed by atoms with Crippen molar-refractivity contribution in [2.75, 3.05) is 42.9 Å². The summed E-state index contributed by atoms with van der Waals surface area (Å²) >= 11 is 3.40. The summed E-state index contributed by atoms with van der Waals surface area (Å²) in [5, 5.41) is 3.10. The van der Waals surface area contributed by atoms with Crippen molar-refractivity contribution >= 4 is 33.1 Å². The second-order valence-corrected chi connectivity index (χ2v) is 6.85. The lowest BCUT2D eigenvalue weighted by Gasteiger charge is -2.35. The Bertz CT molecular complexity index is 751. The molecule has 1 saturated heterocycles. The van der Waals surface area contributed by atoms with Crippen LogP contribution in [-0.4, -0.2) is 47.2 Å². The molecule has 0 aromatic carbocycles. The molecule has 0 atom stereocenters. The van der Waals surface area contributed by atoms with E-state index in [9.17, 15) is 4.79 Å². The van der Waals surface area contributed by atoms with Crippen LogP contribution in [0.4, 0.5) is 17.2 Å². The molecule has 2 aromatic rings. The Hall–Kier alpha value is -1.86. The molecule has 128 valence electrons. The lowest BCUT2D eigenvalue weighted by molar-refractivity contribution is 0.271. The first kappa shape index (κ1) is 17.0. The van der Waals surface area contributed by atoms with E-state index in [-0.39, 0.29) is 5.56 Å². The first-order valence-electron chi connectivity index (χ1n) is 8.13. The van der Waals surface area contributed by atoms with E-state index in [1.165, 1.54) is 4.57 Å². The molecular formula is C17H22BrN5O. The Kier molecular flexibility index (Phi) is 5.20. The fourth-order valence-electron chi connectivity index (χ4n) is 2.87. The van der Waals surface area contributed by atoms with Gasteiger partial charge in [0.2, 0.25) is 0 Å². The van der Waals surface area contributed by atoms with Crippen molar-refractivity contribution in [3.05, 3.63) is 45.4 Å². The van der Waals surface area contributed by atoms with E-state index in [1.807, 2.05) is 12.3 Å². The summed E-state index contributed by atoms with van der Waals surface area (Å²) in [7, 11) is 1.73. The highest BCUT2D eigenvalue weighted by molar-refractivity contribution is 9.10. The minimum atomic E-state index is -0.0836. The van der Waals surface area contributed by atoms with E-state index in [2.05, 4.69) is 49.0 Å². The van der Waals surface area contributed by atoms with Crippen molar-refractivity contribution in [3.8, 4) is 0 Å². The summed E-state index contributed by atoms with van der Waals surface area (Å²) in [5.74, 6) is 0.668. The van der Waals surface area contributed by atoms with Gasteiger partial charge in [-0.25, -0.2) is 4.98 Å². The van der Waals surface area contributed by atoms with Crippen molar-refractivity contribution in [1.29, 1.82) is 0 Å². The zero-order valence-electron chi connectivity index (χ0n) is 14.0. The molecule has 0 bridgehead atoms. The number of hydrogen-bond donors (Lipinski definition) is 1. The van der Waals surface area contributed by atoms with Gasteiger partial charge in [-0.15, -0.1) is 0 Å². The van der Waals surface area contributed by atoms with E-state index < -0.39 is 0 Å². The average molecular weight is 392 g/mol. The molecule has 3 heterocycles. The number of pyridine rings is 2. The third-order valence-electron chi connectivity index (χ3n) is 4.35. The SMILES string of the molecule is CCN1CCN(c2ccc(Nc3cc(Br)cn(C)c3=O)nc2)CC1. The third-order valence-corrected chi connectivity index (χ3v) is 4.78. The monoisotopic (exact) mass is 391 g/mol. The molecule has 3 rings (SSSR count). The van der Waals surface area contributed by atoms with Crippen LogP contribution >= 0.6 is 15.9 Å². The average Bonchev–Trinajstić information content (AvgIpc) is 2.60. The number of aryl methyl sites for hydroxylation is 1. The highest BCUT2D eigenvalue weighted by Gasteiger charge is 2.16. The maximum atomic E-state index is 12.1. The molecular weight excluding hydrogens is 370 g/mol. The fraction of sp³-hybridized carbons (Fsp3) is 0.412. The molecule has 0 spiro atoms. The van der Waals surface area contributed by atoms with E-state index in [4.69, 9.17) is 0 Å². The van der Waals surface area contributed by atoms with Gasteiger partial charge in [-0.3, -0.25) is 4.79 Å². The van der Waals surface area contributed by atoms with Crippen LogP contribution in [0, 0.1) is 0 Å². The summed E-state index contributed by atoms with van der Waals surface area (Å²) in [5.41, 5.74) is 1.54. The molecule has 0 aliphatic carbocycles. The standard InChI is InChI=1S/C17H22BrN5O/c1-3-22-6-8-23(9-7-22)14-4-5-16(19-11-14)20-15-10-13(18)12-21(2)17(15)24/h4-5,10-12H,3,6-9H2,1-2H3,(H,19,20).